The highest BCUT2D eigenvalue weighted by atomic mass is 16.7. The molecule has 0 aromatic heterocycles. The fraction of sp³-hybridized carbons (Fsp3) is 0.950. The van der Waals surface area contributed by atoms with Gasteiger partial charge in [0.25, 0.3) is 0 Å². The molecule has 0 aliphatic carbocycles. The Bertz CT molecular complexity index is 1130. The number of hydrogen-bond acceptors (Lipinski definition) is 9. The van der Waals surface area contributed by atoms with Gasteiger partial charge in [0.05, 0.1) is 25.4 Å². The van der Waals surface area contributed by atoms with Crippen LogP contribution in [-0.4, -0.2) is 98.7 Å². The fourth-order valence-corrected chi connectivity index (χ4v) is 10.0. The van der Waals surface area contributed by atoms with Crippen LogP contribution in [0.2, 0.25) is 0 Å². The van der Waals surface area contributed by atoms with Gasteiger partial charge < -0.3 is 45.4 Å². The molecule has 1 amide bonds. The van der Waals surface area contributed by atoms with E-state index in [1.807, 2.05) is 0 Å². The molecule has 1 heterocycles. The first-order chi connectivity index (χ1) is 34.3. The largest absolute Gasteiger partial charge is 0.394 e. The van der Waals surface area contributed by atoms with Crippen LogP contribution in [0.25, 0.3) is 0 Å². The first kappa shape index (κ1) is 66.9. The van der Waals surface area contributed by atoms with Gasteiger partial charge in [0.15, 0.2) is 6.29 Å². The minimum Gasteiger partial charge on any atom is -0.394 e. The van der Waals surface area contributed by atoms with E-state index in [2.05, 4.69) is 31.3 Å². The standard InChI is InChI=1S/C60H117NO9/c1-3-5-7-9-11-13-15-17-19-20-21-22-23-24-25-26-27-28-29-30-31-32-33-34-35-37-39-41-43-45-47-49-54(64)59(68)61-52(51-69-60-58(67)57(66)56(65)55(50-62)70-60)53(63)48-46-44-42-40-38-36-18-16-14-12-10-8-6-4-2/h24-25,52-58,60,62-67H,3-23,26-51H2,1-2H3,(H,61,68)/b25-24-. The Kier molecular flexibility index (Phi) is 47.9. The highest BCUT2D eigenvalue weighted by Gasteiger charge is 2.44. The van der Waals surface area contributed by atoms with E-state index in [4.69, 9.17) is 9.47 Å². The van der Waals surface area contributed by atoms with Crippen molar-refractivity contribution in [3.8, 4) is 0 Å². The summed E-state index contributed by atoms with van der Waals surface area (Å²) in [5.74, 6) is -0.578. The zero-order valence-electron chi connectivity index (χ0n) is 45.9. The van der Waals surface area contributed by atoms with Crippen LogP contribution in [0.5, 0.6) is 0 Å². The number of aliphatic hydroxyl groups excluding tert-OH is 6. The van der Waals surface area contributed by atoms with Crippen molar-refractivity contribution in [2.24, 2.45) is 0 Å². The van der Waals surface area contributed by atoms with E-state index in [9.17, 15) is 35.4 Å². The van der Waals surface area contributed by atoms with Crippen LogP contribution >= 0.6 is 0 Å². The van der Waals surface area contributed by atoms with Crippen molar-refractivity contribution in [1.82, 2.24) is 5.32 Å². The Morgan fingerprint density at radius 2 is 0.800 bits per heavy atom. The Hall–Kier alpha value is -1.11. The lowest BCUT2D eigenvalue weighted by Crippen LogP contribution is -2.60. The van der Waals surface area contributed by atoms with E-state index < -0.39 is 61.5 Å². The van der Waals surface area contributed by atoms with Crippen LogP contribution in [0.4, 0.5) is 0 Å². The van der Waals surface area contributed by atoms with Gasteiger partial charge in [-0.2, -0.15) is 0 Å². The van der Waals surface area contributed by atoms with E-state index in [1.54, 1.807) is 0 Å². The third-order valence-electron chi connectivity index (χ3n) is 15.0. The van der Waals surface area contributed by atoms with Gasteiger partial charge in [-0.05, 0) is 38.5 Å². The molecule has 1 fully saturated rings. The first-order valence-electron chi connectivity index (χ1n) is 30.5. The average Bonchev–Trinajstić information content (AvgIpc) is 3.36. The third-order valence-corrected chi connectivity index (χ3v) is 15.0. The monoisotopic (exact) mass is 996 g/mol. The molecule has 0 aromatic carbocycles. The molecular formula is C60H117NO9. The Balaban J connectivity index is 2.14. The number of carbonyl (C=O) groups excluding carboxylic acids is 1. The minimum atomic E-state index is -1.59. The van der Waals surface area contributed by atoms with Crippen molar-refractivity contribution in [3.63, 3.8) is 0 Å². The average molecular weight is 997 g/mol. The molecule has 1 saturated heterocycles. The normalized spacial score (nSPS) is 19.8. The van der Waals surface area contributed by atoms with Crippen molar-refractivity contribution >= 4 is 5.91 Å². The molecule has 1 aliphatic rings. The van der Waals surface area contributed by atoms with E-state index in [1.165, 1.54) is 231 Å². The summed E-state index contributed by atoms with van der Waals surface area (Å²) in [4.78, 5) is 13.1. The van der Waals surface area contributed by atoms with Crippen LogP contribution < -0.4 is 5.32 Å². The summed E-state index contributed by atoms with van der Waals surface area (Å²) >= 11 is 0. The molecule has 1 aliphatic heterocycles. The molecule has 1 rings (SSSR count). The molecule has 0 aromatic rings. The van der Waals surface area contributed by atoms with E-state index in [0.29, 0.717) is 12.8 Å². The van der Waals surface area contributed by atoms with Crippen LogP contribution in [0.1, 0.15) is 303 Å². The predicted octanol–water partition coefficient (Wildman–Crippen LogP) is 14.2. The summed E-state index contributed by atoms with van der Waals surface area (Å²) in [6.07, 6.45) is 51.5. The number of rotatable bonds is 53. The maximum absolute atomic E-state index is 13.1. The number of carbonyl (C=O) groups is 1. The zero-order chi connectivity index (χ0) is 51.0. The van der Waals surface area contributed by atoms with Gasteiger partial charge in [-0.15, -0.1) is 0 Å². The summed E-state index contributed by atoms with van der Waals surface area (Å²) in [6, 6.07) is -0.891. The molecule has 10 nitrogen and oxygen atoms in total. The van der Waals surface area contributed by atoms with Crippen LogP contribution in [0, 0.1) is 0 Å². The molecule has 416 valence electrons. The van der Waals surface area contributed by atoms with Crippen molar-refractivity contribution < 1.29 is 44.9 Å². The van der Waals surface area contributed by atoms with Gasteiger partial charge in [-0.25, -0.2) is 0 Å². The van der Waals surface area contributed by atoms with E-state index >= 15 is 0 Å². The highest BCUT2D eigenvalue weighted by molar-refractivity contribution is 5.80. The summed E-state index contributed by atoms with van der Waals surface area (Å²) in [6.45, 7) is 3.71. The summed E-state index contributed by atoms with van der Waals surface area (Å²) in [7, 11) is 0. The molecule has 0 spiro atoms. The molecule has 0 radical (unpaired) electrons. The lowest BCUT2D eigenvalue weighted by molar-refractivity contribution is -0.302. The Morgan fingerprint density at radius 3 is 1.16 bits per heavy atom. The number of nitrogens with one attached hydrogen (secondary N) is 1. The van der Waals surface area contributed by atoms with Gasteiger partial charge in [0.2, 0.25) is 5.91 Å². The van der Waals surface area contributed by atoms with Gasteiger partial charge in [0, 0.05) is 0 Å². The number of unbranched alkanes of at least 4 members (excludes halogenated alkanes) is 40. The molecule has 10 heteroatoms. The Labute approximate surface area is 431 Å². The molecule has 0 saturated carbocycles. The van der Waals surface area contributed by atoms with Gasteiger partial charge in [0.1, 0.15) is 30.5 Å². The lowest BCUT2D eigenvalue weighted by Gasteiger charge is -2.40. The molecule has 7 N–H and O–H groups in total. The second-order valence-electron chi connectivity index (χ2n) is 21.6. The van der Waals surface area contributed by atoms with Crippen LogP contribution in [0.15, 0.2) is 12.2 Å². The summed E-state index contributed by atoms with van der Waals surface area (Å²) in [5, 5.41) is 65.2. The molecule has 70 heavy (non-hydrogen) atoms. The molecule has 0 bridgehead atoms. The SMILES string of the molecule is CCCCCCCCCCCCCC/C=C\CCCCCCCCCCCCCCCCCC(O)C(=O)NC(COC1OC(CO)C(O)C(O)C1O)C(O)CCCCCCCCCCCCCCCC. The molecular weight excluding hydrogens is 879 g/mol. The van der Waals surface area contributed by atoms with Gasteiger partial charge in [-0.1, -0.05) is 276 Å². The van der Waals surface area contributed by atoms with Gasteiger partial charge in [-0.3, -0.25) is 4.79 Å². The topological polar surface area (TPSA) is 169 Å². The zero-order valence-corrected chi connectivity index (χ0v) is 45.9. The lowest BCUT2D eigenvalue weighted by atomic mass is 9.99. The van der Waals surface area contributed by atoms with Crippen molar-refractivity contribution in [2.45, 2.75) is 352 Å². The highest BCUT2D eigenvalue weighted by Crippen LogP contribution is 2.23. The van der Waals surface area contributed by atoms with Crippen molar-refractivity contribution in [1.29, 1.82) is 0 Å². The number of hydrogen-bond donors (Lipinski definition) is 7. The van der Waals surface area contributed by atoms with Crippen LogP contribution in [-0.2, 0) is 14.3 Å². The van der Waals surface area contributed by atoms with Crippen molar-refractivity contribution in [2.75, 3.05) is 13.2 Å². The summed E-state index contributed by atoms with van der Waals surface area (Å²) in [5.41, 5.74) is 0. The minimum absolute atomic E-state index is 0.251. The third kappa shape index (κ3) is 38.5. The Morgan fingerprint density at radius 1 is 0.471 bits per heavy atom. The number of ether oxygens (including phenoxy) is 2. The van der Waals surface area contributed by atoms with E-state index in [0.717, 1.165) is 44.9 Å². The fourth-order valence-electron chi connectivity index (χ4n) is 10.0. The second kappa shape index (κ2) is 50.1. The summed E-state index contributed by atoms with van der Waals surface area (Å²) < 4.78 is 11.2. The predicted molar refractivity (Wildman–Crippen MR) is 292 cm³/mol. The molecule has 8 atom stereocenters. The number of allylic oxidation sites excluding steroid dienone is 2. The van der Waals surface area contributed by atoms with Crippen LogP contribution in [0.3, 0.4) is 0 Å². The first-order valence-corrected chi connectivity index (χ1v) is 30.5. The second-order valence-corrected chi connectivity index (χ2v) is 21.6. The van der Waals surface area contributed by atoms with Crippen molar-refractivity contribution in [3.05, 3.63) is 12.2 Å². The van der Waals surface area contributed by atoms with Gasteiger partial charge >= 0.3 is 0 Å². The van der Waals surface area contributed by atoms with E-state index in [-0.39, 0.29) is 6.61 Å². The maximum atomic E-state index is 13.1. The number of amides is 1. The smallest absolute Gasteiger partial charge is 0.249 e. The maximum Gasteiger partial charge on any atom is 0.249 e. The quantitative estimate of drug-likeness (QED) is 0.0232. The molecule has 8 unspecified atom stereocenters. The number of aliphatic hydroxyl groups is 6.